The number of hydrogen-bond acceptors (Lipinski definition) is 11. The molecule has 3 aromatic carbocycles. The Morgan fingerprint density at radius 2 is 1.67 bits per heavy atom. The lowest BCUT2D eigenvalue weighted by Crippen LogP contribution is -2.40. The Labute approximate surface area is 301 Å². The number of aromatic nitrogens is 1. The molecule has 1 atom stereocenters. The molecule has 0 saturated heterocycles. The smallest absolute Gasteiger partial charge is 0.343 e. The standard InChI is InChI=1S/C39H43N3O8S/c1-7-41(8-2)29-18-16-27(31(22-29)49-23-26-14-12-11-13-15-26)21-33-37(44)42-36(35(38(45)48-10-4)25(5)40-39(42)51-33)28-17-19-30(32(20-28)47-9-3)50-24-34(43)46-6/h11-22,36H,7-10,23-24H2,1-6H3/b33-21+/t36-/m1/s1. The zero-order valence-electron chi connectivity index (χ0n) is 29.8. The van der Waals surface area contributed by atoms with E-state index in [1.54, 1.807) is 32.0 Å². The first-order chi connectivity index (χ1) is 24.7. The molecule has 1 aliphatic rings. The largest absolute Gasteiger partial charge is 0.490 e. The van der Waals surface area contributed by atoms with Crippen LogP contribution in [0.5, 0.6) is 17.2 Å². The van der Waals surface area contributed by atoms with Crippen LogP contribution in [0.1, 0.15) is 57.4 Å². The fourth-order valence-electron chi connectivity index (χ4n) is 5.81. The summed E-state index contributed by atoms with van der Waals surface area (Å²) >= 11 is 1.23. The molecule has 1 aromatic heterocycles. The predicted molar refractivity (Wildman–Crippen MR) is 196 cm³/mol. The van der Waals surface area contributed by atoms with Gasteiger partial charge in [0.1, 0.15) is 12.4 Å². The van der Waals surface area contributed by atoms with E-state index in [0.717, 1.165) is 29.9 Å². The minimum absolute atomic E-state index is 0.145. The van der Waals surface area contributed by atoms with Crippen molar-refractivity contribution in [3.05, 3.63) is 114 Å². The number of carbonyl (C=O) groups is 2. The van der Waals surface area contributed by atoms with Crippen LogP contribution in [-0.2, 0) is 25.7 Å². The molecule has 0 fully saturated rings. The van der Waals surface area contributed by atoms with E-state index >= 15 is 0 Å². The third-order valence-electron chi connectivity index (χ3n) is 8.32. The number of anilines is 1. The number of ether oxygens (including phenoxy) is 5. The molecule has 0 N–H and O–H groups in total. The summed E-state index contributed by atoms with van der Waals surface area (Å²) in [6, 6.07) is 20.1. The number of nitrogens with zero attached hydrogens (tertiary/aromatic N) is 3. The Balaban J connectivity index is 1.65. The van der Waals surface area contributed by atoms with Crippen LogP contribution in [0.25, 0.3) is 6.08 Å². The van der Waals surface area contributed by atoms with Crippen molar-refractivity contribution in [3.8, 4) is 17.2 Å². The minimum Gasteiger partial charge on any atom is -0.490 e. The summed E-state index contributed by atoms with van der Waals surface area (Å²) in [6.07, 6.45) is 1.81. The lowest BCUT2D eigenvalue weighted by atomic mass is 9.95. The van der Waals surface area contributed by atoms with Gasteiger partial charge in [0, 0.05) is 30.4 Å². The molecule has 268 valence electrons. The maximum absolute atomic E-state index is 14.4. The number of thiazole rings is 1. The van der Waals surface area contributed by atoms with Crippen LogP contribution < -0.4 is 34.0 Å². The summed E-state index contributed by atoms with van der Waals surface area (Å²) in [5, 5.41) is 0. The molecule has 4 aromatic rings. The Morgan fingerprint density at radius 3 is 2.35 bits per heavy atom. The summed E-state index contributed by atoms with van der Waals surface area (Å²) in [4.78, 5) is 47.1. The van der Waals surface area contributed by atoms with Crippen LogP contribution >= 0.6 is 11.3 Å². The summed E-state index contributed by atoms with van der Waals surface area (Å²) in [6.45, 7) is 11.6. The van der Waals surface area contributed by atoms with Crippen LogP contribution in [0.2, 0.25) is 0 Å². The van der Waals surface area contributed by atoms with Crippen molar-refractivity contribution in [2.75, 3.05) is 44.9 Å². The van der Waals surface area contributed by atoms with Crippen molar-refractivity contribution in [1.82, 2.24) is 4.57 Å². The zero-order valence-corrected chi connectivity index (χ0v) is 30.6. The third kappa shape index (κ3) is 8.34. The Kier molecular flexibility index (Phi) is 12.3. The van der Waals surface area contributed by atoms with E-state index in [2.05, 4.69) is 18.7 Å². The van der Waals surface area contributed by atoms with E-state index in [0.29, 0.717) is 51.1 Å². The highest BCUT2D eigenvalue weighted by Gasteiger charge is 2.34. The van der Waals surface area contributed by atoms with Gasteiger partial charge < -0.3 is 28.6 Å². The molecule has 0 bridgehead atoms. The first kappa shape index (κ1) is 36.9. The van der Waals surface area contributed by atoms with Crippen molar-refractivity contribution < 1.29 is 33.3 Å². The van der Waals surface area contributed by atoms with Crippen LogP contribution in [0.3, 0.4) is 0 Å². The van der Waals surface area contributed by atoms with E-state index in [1.807, 2.05) is 61.5 Å². The van der Waals surface area contributed by atoms with Gasteiger partial charge in [-0.1, -0.05) is 47.7 Å². The molecule has 11 nitrogen and oxygen atoms in total. The van der Waals surface area contributed by atoms with Crippen molar-refractivity contribution in [1.29, 1.82) is 0 Å². The SMILES string of the molecule is CCOC(=O)C1=C(C)N=c2s/c(=C/c3ccc(N(CC)CC)cc3OCc3ccccc3)c(=O)n2[C@@H]1c1ccc(OCC(=O)OC)c(OCC)c1. The molecule has 0 saturated carbocycles. The van der Waals surface area contributed by atoms with E-state index in [1.165, 1.54) is 23.0 Å². The monoisotopic (exact) mass is 713 g/mol. The number of allylic oxidation sites excluding steroid dienone is 1. The highest BCUT2D eigenvalue weighted by molar-refractivity contribution is 7.07. The Hall–Kier alpha value is -5.36. The molecular formula is C39H43N3O8S. The third-order valence-corrected chi connectivity index (χ3v) is 9.31. The molecule has 0 unspecified atom stereocenters. The van der Waals surface area contributed by atoms with E-state index in [-0.39, 0.29) is 24.3 Å². The number of hydrogen-bond donors (Lipinski definition) is 0. The summed E-state index contributed by atoms with van der Waals surface area (Å²) in [7, 11) is 1.28. The fraction of sp³-hybridized carbons (Fsp3) is 0.333. The number of fused-ring (bicyclic) bond motifs is 1. The lowest BCUT2D eigenvalue weighted by Gasteiger charge is -2.25. The van der Waals surface area contributed by atoms with E-state index in [9.17, 15) is 14.4 Å². The molecule has 0 amide bonds. The second kappa shape index (κ2) is 17.0. The van der Waals surface area contributed by atoms with Gasteiger partial charge in [0.05, 0.1) is 42.2 Å². The van der Waals surface area contributed by atoms with Crippen LogP contribution in [-0.4, -0.2) is 56.5 Å². The molecule has 12 heteroatoms. The minimum atomic E-state index is -0.879. The van der Waals surface area contributed by atoms with Crippen molar-refractivity contribution in [2.45, 2.75) is 47.3 Å². The second-order valence-corrected chi connectivity index (χ2v) is 12.5. The van der Waals surface area contributed by atoms with Crippen LogP contribution in [0.15, 0.2) is 87.8 Å². The second-order valence-electron chi connectivity index (χ2n) is 11.5. The van der Waals surface area contributed by atoms with Gasteiger partial charge in [0.2, 0.25) is 0 Å². The summed E-state index contributed by atoms with van der Waals surface area (Å²) < 4.78 is 30.0. The van der Waals surface area contributed by atoms with Gasteiger partial charge >= 0.3 is 11.9 Å². The topological polar surface area (TPSA) is 118 Å². The predicted octanol–water partition coefficient (Wildman–Crippen LogP) is 5.17. The maximum Gasteiger partial charge on any atom is 0.343 e. The number of carbonyl (C=O) groups excluding carboxylic acids is 2. The lowest BCUT2D eigenvalue weighted by molar-refractivity contribution is -0.143. The molecule has 5 rings (SSSR count). The molecule has 1 aliphatic heterocycles. The normalized spacial score (nSPS) is 14.0. The zero-order chi connectivity index (χ0) is 36.5. The average molecular weight is 714 g/mol. The van der Waals surface area contributed by atoms with E-state index in [4.69, 9.17) is 28.7 Å². The highest BCUT2D eigenvalue weighted by Crippen LogP contribution is 2.36. The summed E-state index contributed by atoms with van der Waals surface area (Å²) in [5.74, 6) is 0.164. The van der Waals surface area contributed by atoms with Gasteiger partial charge in [-0.2, -0.15) is 0 Å². The van der Waals surface area contributed by atoms with Crippen molar-refractivity contribution in [2.24, 2.45) is 4.99 Å². The quantitative estimate of drug-likeness (QED) is 0.154. The molecular weight excluding hydrogens is 671 g/mol. The Bertz CT molecular complexity index is 2080. The molecule has 0 radical (unpaired) electrons. The number of esters is 2. The Morgan fingerprint density at radius 1 is 0.902 bits per heavy atom. The van der Waals surface area contributed by atoms with Gasteiger partial charge in [0.15, 0.2) is 22.9 Å². The van der Waals surface area contributed by atoms with E-state index < -0.39 is 18.0 Å². The molecule has 2 heterocycles. The first-order valence-corrected chi connectivity index (χ1v) is 17.8. The average Bonchev–Trinajstić information content (AvgIpc) is 3.44. The van der Waals surface area contributed by atoms with Gasteiger partial charge in [-0.05, 0) is 76.1 Å². The van der Waals surface area contributed by atoms with Crippen molar-refractivity contribution in [3.63, 3.8) is 0 Å². The van der Waals surface area contributed by atoms with Gasteiger partial charge in [-0.3, -0.25) is 9.36 Å². The highest BCUT2D eigenvalue weighted by atomic mass is 32.1. The molecule has 0 aliphatic carbocycles. The number of rotatable bonds is 15. The van der Waals surface area contributed by atoms with Gasteiger partial charge in [-0.15, -0.1) is 0 Å². The number of benzene rings is 3. The number of methoxy groups -OCH3 is 1. The van der Waals surface area contributed by atoms with Crippen LogP contribution in [0, 0.1) is 0 Å². The van der Waals surface area contributed by atoms with Crippen molar-refractivity contribution >= 4 is 35.0 Å². The first-order valence-electron chi connectivity index (χ1n) is 16.9. The molecule has 0 spiro atoms. The van der Waals surface area contributed by atoms with Gasteiger partial charge in [-0.25, -0.2) is 14.6 Å². The molecule has 51 heavy (non-hydrogen) atoms. The summed E-state index contributed by atoms with van der Waals surface area (Å²) in [5.41, 5.74) is 3.68. The van der Waals surface area contributed by atoms with Crippen LogP contribution in [0.4, 0.5) is 5.69 Å². The van der Waals surface area contributed by atoms with Gasteiger partial charge in [0.25, 0.3) is 5.56 Å². The maximum atomic E-state index is 14.4. The fourth-order valence-corrected chi connectivity index (χ4v) is 6.85.